The van der Waals surface area contributed by atoms with Crippen molar-refractivity contribution in [3.63, 3.8) is 0 Å². The molecule has 1 unspecified atom stereocenters. The van der Waals surface area contributed by atoms with Crippen LogP contribution in [-0.4, -0.2) is 14.8 Å². The quantitative estimate of drug-likeness (QED) is 0.749. The lowest BCUT2D eigenvalue weighted by Gasteiger charge is -2.33. The Hall–Kier alpha value is -0.860. The molecule has 3 rings (SSSR count). The topological polar surface area (TPSA) is 30.7 Å². The van der Waals surface area contributed by atoms with Crippen LogP contribution in [0.15, 0.2) is 0 Å². The Morgan fingerprint density at radius 2 is 1.70 bits per heavy atom. The van der Waals surface area contributed by atoms with E-state index in [-0.39, 0.29) is 0 Å². The summed E-state index contributed by atoms with van der Waals surface area (Å²) < 4.78 is 2.48. The van der Waals surface area contributed by atoms with Gasteiger partial charge in [0.1, 0.15) is 11.6 Å². The molecule has 2 heterocycles. The van der Waals surface area contributed by atoms with E-state index in [1.165, 1.54) is 69.4 Å². The average Bonchev–Trinajstić information content (AvgIpc) is 2.88. The summed E-state index contributed by atoms with van der Waals surface area (Å²) in [5, 5.41) is 9.18. The summed E-state index contributed by atoms with van der Waals surface area (Å²) in [5.74, 6) is 5.75. The van der Waals surface area contributed by atoms with E-state index in [9.17, 15) is 0 Å². The summed E-state index contributed by atoms with van der Waals surface area (Å²) in [5.41, 5.74) is 0. The molecule has 130 valence electrons. The van der Waals surface area contributed by atoms with Gasteiger partial charge in [0.05, 0.1) is 0 Å². The normalized spacial score (nSPS) is 27.3. The summed E-state index contributed by atoms with van der Waals surface area (Å²) in [6.45, 7) is 8.28. The van der Waals surface area contributed by atoms with E-state index in [1.807, 2.05) is 0 Å². The highest BCUT2D eigenvalue weighted by atomic mass is 15.3. The van der Waals surface area contributed by atoms with E-state index in [4.69, 9.17) is 0 Å². The highest BCUT2D eigenvalue weighted by Crippen LogP contribution is 2.39. The minimum Gasteiger partial charge on any atom is -0.315 e. The monoisotopic (exact) mass is 317 g/mol. The molecule has 0 N–H and O–H groups in total. The van der Waals surface area contributed by atoms with Crippen LogP contribution in [0.25, 0.3) is 0 Å². The standard InChI is InChI=1S/C20H35N3/c1-15(2)14-17-9-11-18(12-10-17)16(3)20-22-21-19-8-6-4-5-7-13-23(19)20/h15-18H,4-14H2,1-3H3. The van der Waals surface area contributed by atoms with Crippen molar-refractivity contribution in [1.82, 2.24) is 14.8 Å². The number of fused-ring (bicyclic) bond motifs is 1. The second kappa shape index (κ2) is 7.81. The van der Waals surface area contributed by atoms with Gasteiger partial charge in [0, 0.05) is 18.9 Å². The summed E-state index contributed by atoms with van der Waals surface area (Å²) in [6, 6.07) is 0. The first-order valence-electron chi connectivity index (χ1n) is 10.1. The van der Waals surface area contributed by atoms with Gasteiger partial charge in [-0.05, 0) is 49.9 Å². The molecule has 1 aromatic rings. The van der Waals surface area contributed by atoms with Crippen molar-refractivity contribution in [2.45, 2.75) is 97.4 Å². The molecule has 0 saturated heterocycles. The molecular formula is C20H35N3. The van der Waals surface area contributed by atoms with Crippen LogP contribution < -0.4 is 0 Å². The van der Waals surface area contributed by atoms with Crippen molar-refractivity contribution in [3.8, 4) is 0 Å². The van der Waals surface area contributed by atoms with Crippen molar-refractivity contribution < 1.29 is 0 Å². The minimum atomic E-state index is 0.579. The largest absolute Gasteiger partial charge is 0.315 e. The fraction of sp³-hybridized carbons (Fsp3) is 0.900. The number of aryl methyl sites for hydroxylation is 1. The zero-order valence-corrected chi connectivity index (χ0v) is 15.4. The van der Waals surface area contributed by atoms with E-state index < -0.39 is 0 Å². The van der Waals surface area contributed by atoms with Crippen LogP contribution in [0, 0.1) is 17.8 Å². The highest BCUT2D eigenvalue weighted by molar-refractivity contribution is 5.04. The van der Waals surface area contributed by atoms with Crippen LogP contribution in [0.3, 0.4) is 0 Å². The van der Waals surface area contributed by atoms with Gasteiger partial charge in [-0.1, -0.05) is 46.5 Å². The maximum absolute atomic E-state index is 4.64. The molecule has 1 saturated carbocycles. The number of hydrogen-bond donors (Lipinski definition) is 0. The lowest BCUT2D eigenvalue weighted by molar-refractivity contribution is 0.219. The van der Waals surface area contributed by atoms with Crippen molar-refractivity contribution in [2.75, 3.05) is 0 Å². The molecule has 2 aliphatic rings. The first-order valence-corrected chi connectivity index (χ1v) is 10.1. The lowest BCUT2D eigenvalue weighted by atomic mass is 9.74. The Balaban J connectivity index is 1.63. The van der Waals surface area contributed by atoms with E-state index in [2.05, 4.69) is 35.5 Å². The Bertz CT molecular complexity index is 483. The number of hydrogen-bond acceptors (Lipinski definition) is 2. The molecule has 1 aliphatic heterocycles. The van der Waals surface area contributed by atoms with Crippen LogP contribution in [0.2, 0.25) is 0 Å². The first kappa shape index (κ1) is 17.0. The van der Waals surface area contributed by atoms with Gasteiger partial charge in [0.25, 0.3) is 0 Å². The molecule has 0 spiro atoms. The molecule has 0 radical (unpaired) electrons. The van der Waals surface area contributed by atoms with Crippen LogP contribution >= 0.6 is 0 Å². The first-order chi connectivity index (χ1) is 11.1. The van der Waals surface area contributed by atoms with Gasteiger partial charge in [-0.2, -0.15) is 0 Å². The molecule has 3 nitrogen and oxygen atoms in total. The molecule has 1 atom stereocenters. The zero-order chi connectivity index (χ0) is 16.2. The SMILES string of the molecule is CC(C)CC1CCC(C(C)c2nnc3n2CCCCCC3)CC1. The predicted molar refractivity (Wildman–Crippen MR) is 95.5 cm³/mol. The maximum atomic E-state index is 4.64. The van der Waals surface area contributed by atoms with Crippen LogP contribution in [0.5, 0.6) is 0 Å². The van der Waals surface area contributed by atoms with Crippen molar-refractivity contribution >= 4 is 0 Å². The third-order valence-corrected chi connectivity index (χ3v) is 6.20. The van der Waals surface area contributed by atoms with Gasteiger partial charge in [-0.15, -0.1) is 10.2 Å². The molecule has 1 fully saturated rings. The van der Waals surface area contributed by atoms with Gasteiger partial charge in [-0.3, -0.25) is 0 Å². The maximum Gasteiger partial charge on any atom is 0.136 e. The fourth-order valence-corrected chi connectivity index (χ4v) is 4.82. The van der Waals surface area contributed by atoms with Gasteiger partial charge < -0.3 is 4.57 Å². The highest BCUT2D eigenvalue weighted by Gasteiger charge is 2.29. The molecule has 23 heavy (non-hydrogen) atoms. The zero-order valence-electron chi connectivity index (χ0n) is 15.4. The van der Waals surface area contributed by atoms with E-state index in [0.717, 1.165) is 30.7 Å². The van der Waals surface area contributed by atoms with E-state index >= 15 is 0 Å². The van der Waals surface area contributed by atoms with E-state index in [1.54, 1.807) is 0 Å². The van der Waals surface area contributed by atoms with Crippen LogP contribution in [-0.2, 0) is 13.0 Å². The van der Waals surface area contributed by atoms with Gasteiger partial charge in [0.2, 0.25) is 0 Å². The van der Waals surface area contributed by atoms with Crippen molar-refractivity contribution in [1.29, 1.82) is 0 Å². The number of rotatable bonds is 4. The Morgan fingerprint density at radius 3 is 2.43 bits per heavy atom. The predicted octanol–water partition coefficient (Wildman–Crippen LogP) is 5.35. The molecule has 1 aliphatic carbocycles. The van der Waals surface area contributed by atoms with Crippen LogP contribution in [0.1, 0.15) is 96.1 Å². The average molecular weight is 318 g/mol. The third-order valence-electron chi connectivity index (χ3n) is 6.20. The Kier molecular flexibility index (Phi) is 5.76. The second-order valence-corrected chi connectivity index (χ2v) is 8.49. The molecule has 0 aromatic carbocycles. The summed E-state index contributed by atoms with van der Waals surface area (Å²) in [4.78, 5) is 0. The molecule has 0 amide bonds. The van der Waals surface area contributed by atoms with Gasteiger partial charge >= 0.3 is 0 Å². The van der Waals surface area contributed by atoms with Crippen molar-refractivity contribution in [2.24, 2.45) is 17.8 Å². The van der Waals surface area contributed by atoms with Crippen molar-refractivity contribution in [3.05, 3.63) is 11.6 Å². The number of nitrogens with zero attached hydrogens (tertiary/aromatic N) is 3. The summed E-state index contributed by atoms with van der Waals surface area (Å²) >= 11 is 0. The lowest BCUT2D eigenvalue weighted by Crippen LogP contribution is -2.23. The van der Waals surface area contributed by atoms with Crippen LogP contribution in [0.4, 0.5) is 0 Å². The third kappa shape index (κ3) is 4.16. The fourth-order valence-electron chi connectivity index (χ4n) is 4.82. The smallest absolute Gasteiger partial charge is 0.136 e. The Labute approximate surface area is 142 Å². The molecule has 3 heteroatoms. The summed E-state index contributed by atoms with van der Waals surface area (Å²) in [7, 11) is 0. The minimum absolute atomic E-state index is 0.579. The molecular weight excluding hydrogens is 282 g/mol. The molecule has 0 bridgehead atoms. The van der Waals surface area contributed by atoms with Gasteiger partial charge in [0.15, 0.2) is 0 Å². The number of aromatic nitrogens is 3. The second-order valence-electron chi connectivity index (χ2n) is 8.49. The van der Waals surface area contributed by atoms with E-state index in [0.29, 0.717) is 5.92 Å². The Morgan fingerprint density at radius 1 is 0.957 bits per heavy atom. The molecule has 1 aromatic heterocycles. The van der Waals surface area contributed by atoms with Gasteiger partial charge in [-0.25, -0.2) is 0 Å². The summed E-state index contributed by atoms with van der Waals surface area (Å²) in [6.07, 6.45) is 13.5.